The molecule has 2 aliphatic rings. The Labute approximate surface area is 198 Å². The van der Waals surface area contributed by atoms with Gasteiger partial charge < -0.3 is 19.1 Å². The van der Waals surface area contributed by atoms with Crippen LogP contribution in [-0.2, 0) is 15.3 Å². The molecule has 2 aliphatic heterocycles. The third-order valence-electron chi connectivity index (χ3n) is 6.22. The van der Waals surface area contributed by atoms with Gasteiger partial charge >= 0.3 is 0 Å². The van der Waals surface area contributed by atoms with Crippen molar-refractivity contribution in [2.75, 3.05) is 13.2 Å². The predicted octanol–water partition coefficient (Wildman–Crippen LogP) is 6.02. The fourth-order valence-electron chi connectivity index (χ4n) is 4.69. The Hall–Kier alpha value is -3.02. The molecule has 0 N–H and O–H groups in total. The highest BCUT2D eigenvalue weighted by Crippen LogP contribution is 2.53. The molecule has 2 heterocycles. The van der Waals surface area contributed by atoms with Crippen molar-refractivity contribution in [2.45, 2.75) is 32.1 Å². The molecule has 170 valence electrons. The van der Waals surface area contributed by atoms with Crippen LogP contribution in [0.5, 0.6) is 17.2 Å². The first-order valence-corrected chi connectivity index (χ1v) is 11.5. The lowest BCUT2D eigenvalue weighted by atomic mass is 9.86. The normalized spacial score (nSPS) is 23.4. The number of amides is 1. The van der Waals surface area contributed by atoms with Crippen molar-refractivity contribution in [3.8, 4) is 17.2 Å². The number of para-hydroxylation sites is 1. The first-order chi connectivity index (χ1) is 15.9. The van der Waals surface area contributed by atoms with E-state index in [1.165, 1.54) is 0 Å². The van der Waals surface area contributed by atoms with Crippen molar-refractivity contribution in [2.24, 2.45) is 5.41 Å². The van der Waals surface area contributed by atoms with Crippen LogP contribution in [0.2, 0.25) is 5.02 Å². The molecule has 3 aromatic rings. The highest BCUT2D eigenvalue weighted by Gasteiger charge is 2.61. The second-order valence-electron chi connectivity index (χ2n) is 9.21. The third-order valence-corrected chi connectivity index (χ3v) is 6.48. The van der Waals surface area contributed by atoms with Crippen LogP contribution < -0.4 is 9.47 Å². The average Bonchev–Trinajstić information content (AvgIpc) is 3.26. The van der Waals surface area contributed by atoms with Crippen molar-refractivity contribution in [3.63, 3.8) is 0 Å². The molecular formula is C27H26ClNO4. The van der Waals surface area contributed by atoms with Gasteiger partial charge in [0, 0.05) is 22.4 Å². The van der Waals surface area contributed by atoms with E-state index >= 15 is 0 Å². The van der Waals surface area contributed by atoms with Crippen molar-refractivity contribution < 1.29 is 19.0 Å². The summed E-state index contributed by atoms with van der Waals surface area (Å²) in [6, 6.07) is 24.7. The van der Waals surface area contributed by atoms with Crippen molar-refractivity contribution in [1.82, 2.24) is 4.90 Å². The number of rotatable bonds is 6. The van der Waals surface area contributed by atoms with E-state index in [0.717, 1.165) is 22.8 Å². The second-order valence-corrected chi connectivity index (χ2v) is 9.64. The Morgan fingerprint density at radius 3 is 2.27 bits per heavy atom. The number of ether oxygens (including phenoxy) is 3. The molecule has 0 unspecified atom stereocenters. The minimum absolute atomic E-state index is 0.0982. The van der Waals surface area contributed by atoms with Gasteiger partial charge in [0.05, 0.1) is 6.54 Å². The van der Waals surface area contributed by atoms with Crippen LogP contribution in [0.1, 0.15) is 25.8 Å². The van der Waals surface area contributed by atoms with Crippen molar-refractivity contribution in [3.05, 3.63) is 89.4 Å². The average molecular weight is 464 g/mol. The molecule has 2 fully saturated rings. The van der Waals surface area contributed by atoms with Gasteiger partial charge in [-0.1, -0.05) is 55.8 Å². The molecule has 6 heteroatoms. The smallest absolute Gasteiger partial charge is 0.231 e. The lowest BCUT2D eigenvalue weighted by Gasteiger charge is -2.31. The molecule has 0 bridgehead atoms. The van der Waals surface area contributed by atoms with Crippen LogP contribution in [0.3, 0.4) is 0 Å². The topological polar surface area (TPSA) is 48.0 Å². The maximum atomic E-state index is 13.2. The lowest BCUT2D eigenvalue weighted by Crippen LogP contribution is -2.39. The van der Waals surface area contributed by atoms with E-state index in [0.29, 0.717) is 24.6 Å². The third kappa shape index (κ3) is 4.19. The van der Waals surface area contributed by atoms with E-state index in [1.807, 2.05) is 85.5 Å². The van der Waals surface area contributed by atoms with Crippen molar-refractivity contribution in [1.29, 1.82) is 0 Å². The van der Waals surface area contributed by atoms with E-state index < -0.39 is 11.1 Å². The predicted molar refractivity (Wildman–Crippen MR) is 127 cm³/mol. The number of carbonyl (C=O) groups excluding carboxylic acids is 1. The SMILES string of the molecule is CC1(C)C[C@]2(c3ccc(Oc4ccccc4)cc3)O[C@H](COc3ccc(Cl)cc3)CN2C1=O. The zero-order valence-electron chi connectivity index (χ0n) is 18.7. The van der Waals surface area contributed by atoms with Crippen LogP contribution >= 0.6 is 11.6 Å². The Balaban J connectivity index is 1.36. The van der Waals surface area contributed by atoms with Crippen LogP contribution in [0.15, 0.2) is 78.9 Å². The number of benzene rings is 3. The first-order valence-electron chi connectivity index (χ1n) is 11.1. The molecule has 0 aliphatic carbocycles. The van der Waals surface area contributed by atoms with Gasteiger partial charge in [-0.2, -0.15) is 0 Å². The monoisotopic (exact) mass is 463 g/mol. The second kappa shape index (κ2) is 8.40. The summed E-state index contributed by atoms with van der Waals surface area (Å²) in [5.41, 5.74) is -0.364. The molecule has 2 atom stereocenters. The zero-order valence-corrected chi connectivity index (χ0v) is 19.4. The number of hydrogen-bond acceptors (Lipinski definition) is 4. The molecule has 5 rings (SSSR count). The standard InChI is InChI=1S/C27H26ClNO4/c1-26(2)18-27(19-8-12-23(13-9-19)32-22-6-4-3-5-7-22)29(25(26)30)16-24(33-27)17-31-21-14-10-20(28)11-15-21/h3-15,24H,16-18H2,1-2H3/t24-,27+/m0/s1. The Morgan fingerprint density at radius 1 is 0.939 bits per heavy atom. The van der Waals surface area contributed by atoms with E-state index in [9.17, 15) is 4.79 Å². The minimum atomic E-state index is -0.806. The summed E-state index contributed by atoms with van der Waals surface area (Å²) >= 11 is 5.96. The highest BCUT2D eigenvalue weighted by atomic mass is 35.5. The molecule has 3 aromatic carbocycles. The number of halogens is 1. The van der Waals surface area contributed by atoms with Gasteiger partial charge in [-0.05, 0) is 48.5 Å². The minimum Gasteiger partial charge on any atom is -0.491 e. The lowest BCUT2D eigenvalue weighted by molar-refractivity contribution is -0.142. The van der Waals surface area contributed by atoms with Crippen LogP contribution in [0, 0.1) is 5.41 Å². The molecule has 33 heavy (non-hydrogen) atoms. The molecule has 0 saturated carbocycles. The van der Waals surface area contributed by atoms with Gasteiger partial charge in [0.1, 0.15) is 30.0 Å². The molecule has 0 spiro atoms. The Kier molecular flexibility index (Phi) is 5.55. The summed E-state index contributed by atoms with van der Waals surface area (Å²) in [6.45, 7) is 4.79. The quantitative estimate of drug-likeness (QED) is 0.448. The summed E-state index contributed by atoms with van der Waals surface area (Å²) < 4.78 is 18.4. The maximum Gasteiger partial charge on any atom is 0.231 e. The Bertz CT molecular complexity index is 1130. The number of nitrogens with zero attached hydrogens (tertiary/aromatic N) is 1. The molecule has 5 nitrogen and oxygen atoms in total. The summed E-state index contributed by atoms with van der Waals surface area (Å²) in [7, 11) is 0. The van der Waals surface area contributed by atoms with E-state index in [1.54, 1.807) is 12.1 Å². The first kappa shape index (κ1) is 21.8. The summed E-state index contributed by atoms with van der Waals surface area (Å²) in [4.78, 5) is 15.1. The largest absolute Gasteiger partial charge is 0.491 e. The van der Waals surface area contributed by atoms with Crippen LogP contribution in [-0.4, -0.2) is 30.1 Å². The van der Waals surface area contributed by atoms with Gasteiger partial charge in [-0.25, -0.2) is 0 Å². The van der Waals surface area contributed by atoms with Crippen molar-refractivity contribution >= 4 is 17.5 Å². The summed E-state index contributed by atoms with van der Waals surface area (Å²) in [5.74, 6) is 2.33. The molecule has 0 radical (unpaired) electrons. The van der Waals surface area contributed by atoms with Gasteiger partial charge in [-0.15, -0.1) is 0 Å². The van der Waals surface area contributed by atoms with Gasteiger partial charge in [0.2, 0.25) is 5.91 Å². The summed E-state index contributed by atoms with van der Waals surface area (Å²) in [5, 5.41) is 0.659. The number of hydrogen-bond donors (Lipinski definition) is 0. The van der Waals surface area contributed by atoms with E-state index in [2.05, 4.69) is 0 Å². The molecular weight excluding hydrogens is 438 g/mol. The van der Waals surface area contributed by atoms with Gasteiger partial charge in [0.15, 0.2) is 5.72 Å². The molecule has 0 aromatic heterocycles. The molecule has 2 saturated heterocycles. The molecule has 1 amide bonds. The van der Waals surface area contributed by atoms with E-state index in [-0.39, 0.29) is 12.0 Å². The van der Waals surface area contributed by atoms with Gasteiger partial charge in [-0.3, -0.25) is 4.79 Å². The maximum absolute atomic E-state index is 13.2. The zero-order chi connectivity index (χ0) is 23.1. The highest BCUT2D eigenvalue weighted by molar-refractivity contribution is 6.30. The van der Waals surface area contributed by atoms with E-state index in [4.69, 9.17) is 25.8 Å². The van der Waals surface area contributed by atoms with Crippen LogP contribution in [0.25, 0.3) is 0 Å². The fraction of sp³-hybridized carbons (Fsp3) is 0.296. The Morgan fingerprint density at radius 2 is 1.58 bits per heavy atom. The van der Waals surface area contributed by atoms with Gasteiger partial charge in [0.25, 0.3) is 0 Å². The summed E-state index contributed by atoms with van der Waals surface area (Å²) in [6.07, 6.45) is 0.343. The number of carbonyl (C=O) groups is 1. The van der Waals surface area contributed by atoms with Crippen LogP contribution in [0.4, 0.5) is 0 Å². The fourth-order valence-corrected chi connectivity index (χ4v) is 4.82. The number of fused-ring (bicyclic) bond motifs is 1.